The van der Waals surface area contributed by atoms with Crippen LogP contribution in [0, 0.1) is 0 Å². The second-order valence-corrected chi connectivity index (χ2v) is 5.59. The molecule has 3 N–H and O–H groups in total. The van der Waals surface area contributed by atoms with E-state index in [0.717, 1.165) is 39.4 Å². The van der Waals surface area contributed by atoms with Crippen LogP contribution in [0.15, 0.2) is 0 Å². The van der Waals surface area contributed by atoms with E-state index in [-0.39, 0.29) is 18.0 Å². The lowest BCUT2D eigenvalue weighted by Gasteiger charge is -2.32. The van der Waals surface area contributed by atoms with E-state index in [4.69, 9.17) is 4.74 Å². The van der Waals surface area contributed by atoms with Gasteiger partial charge in [0.05, 0.1) is 19.3 Å². The number of ether oxygens (including phenoxy) is 1. The Morgan fingerprint density at radius 2 is 2.11 bits per heavy atom. The summed E-state index contributed by atoms with van der Waals surface area (Å²) >= 11 is 0. The van der Waals surface area contributed by atoms with Gasteiger partial charge in [0.2, 0.25) is 5.91 Å². The molecule has 2 heterocycles. The highest BCUT2D eigenvalue weighted by atomic mass is 16.5. The van der Waals surface area contributed by atoms with Crippen LogP contribution in [-0.4, -0.2) is 74.9 Å². The van der Waals surface area contributed by atoms with Crippen molar-refractivity contribution in [2.24, 2.45) is 0 Å². The minimum absolute atomic E-state index is 0.0974. The van der Waals surface area contributed by atoms with E-state index >= 15 is 0 Å². The third kappa shape index (κ3) is 4.72. The predicted molar refractivity (Wildman–Crippen MR) is 74.1 cm³/mol. The topological polar surface area (TPSA) is 65.6 Å². The largest absolute Gasteiger partial charge is 0.379 e. The zero-order chi connectivity index (χ0) is 13.7. The highest BCUT2D eigenvalue weighted by molar-refractivity contribution is 5.82. The smallest absolute Gasteiger partial charge is 0.238 e. The maximum absolute atomic E-state index is 12.1. The van der Waals surface area contributed by atoms with Gasteiger partial charge in [-0.2, -0.15) is 0 Å². The van der Waals surface area contributed by atoms with Crippen LogP contribution >= 0.6 is 0 Å². The average Bonchev–Trinajstić information content (AvgIpc) is 2.40. The summed E-state index contributed by atoms with van der Waals surface area (Å²) in [6.45, 7) is 10.1. The van der Waals surface area contributed by atoms with Gasteiger partial charge in [-0.25, -0.2) is 0 Å². The summed E-state index contributed by atoms with van der Waals surface area (Å²) < 4.78 is 5.32. The third-order valence-corrected chi connectivity index (χ3v) is 3.68. The van der Waals surface area contributed by atoms with Crippen LogP contribution in [0.3, 0.4) is 0 Å². The SMILES string of the molecule is CC1CNC(C(=O)NC(C)CN2CCOCC2)CN1. The van der Waals surface area contributed by atoms with Gasteiger partial charge in [-0.3, -0.25) is 9.69 Å². The lowest BCUT2D eigenvalue weighted by molar-refractivity contribution is -0.124. The zero-order valence-corrected chi connectivity index (χ0v) is 11.9. The summed E-state index contributed by atoms with van der Waals surface area (Å²) in [5.41, 5.74) is 0. The van der Waals surface area contributed by atoms with Gasteiger partial charge in [0.1, 0.15) is 0 Å². The standard InChI is InChI=1S/C13H26N4O2/c1-10-7-15-12(8-14-10)13(18)16-11(2)9-17-3-5-19-6-4-17/h10-12,14-15H,3-9H2,1-2H3,(H,16,18). The number of amides is 1. The predicted octanol–water partition coefficient (Wildman–Crippen LogP) is -1.23. The molecule has 3 atom stereocenters. The van der Waals surface area contributed by atoms with Crippen LogP contribution in [0.2, 0.25) is 0 Å². The number of rotatable bonds is 4. The molecule has 2 aliphatic heterocycles. The fourth-order valence-corrected chi connectivity index (χ4v) is 2.53. The van der Waals surface area contributed by atoms with E-state index in [0.29, 0.717) is 12.6 Å². The molecular weight excluding hydrogens is 244 g/mol. The van der Waals surface area contributed by atoms with Gasteiger partial charge in [-0.15, -0.1) is 0 Å². The molecule has 19 heavy (non-hydrogen) atoms. The summed E-state index contributed by atoms with van der Waals surface area (Å²) in [7, 11) is 0. The molecule has 1 amide bonds. The molecule has 0 aromatic carbocycles. The van der Waals surface area contributed by atoms with Crippen molar-refractivity contribution in [3.8, 4) is 0 Å². The van der Waals surface area contributed by atoms with Crippen molar-refractivity contribution in [2.75, 3.05) is 45.9 Å². The molecule has 0 spiro atoms. The van der Waals surface area contributed by atoms with Gasteiger partial charge < -0.3 is 20.7 Å². The van der Waals surface area contributed by atoms with Crippen LogP contribution in [0.25, 0.3) is 0 Å². The highest BCUT2D eigenvalue weighted by Crippen LogP contribution is 1.99. The zero-order valence-electron chi connectivity index (χ0n) is 11.9. The molecule has 0 aromatic heterocycles. The Morgan fingerprint density at radius 1 is 1.37 bits per heavy atom. The Bertz CT molecular complexity index is 286. The number of hydrogen-bond donors (Lipinski definition) is 3. The van der Waals surface area contributed by atoms with Crippen LogP contribution in [0.4, 0.5) is 0 Å². The van der Waals surface area contributed by atoms with Crippen molar-refractivity contribution in [2.45, 2.75) is 32.0 Å². The van der Waals surface area contributed by atoms with Crippen LogP contribution < -0.4 is 16.0 Å². The normalized spacial score (nSPS) is 30.8. The van der Waals surface area contributed by atoms with Gasteiger partial charge >= 0.3 is 0 Å². The first-order chi connectivity index (χ1) is 9.15. The minimum Gasteiger partial charge on any atom is -0.379 e. The highest BCUT2D eigenvalue weighted by Gasteiger charge is 2.24. The minimum atomic E-state index is -0.108. The Hall–Kier alpha value is -0.690. The number of carbonyl (C=O) groups is 1. The van der Waals surface area contributed by atoms with E-state index in [2.05, 4.69) is 34.7 Å². The Balaban J connectivity index is 1.69. The molecule has 2 rings (SSSR count). The molecule has 2 saturated heterocycles. The number of nitrogens with one attached hydrogen (secondary N) is 3. The van der Waals surface area contributed by atoms with Crippen molar-refractivity contribution in [3.05, 3.63) is 0 Å². The van der Waals surface area contributed by atoms with Crippen molar-refractivity contribution in [1.82, 2.24) is 20.9 Å². The molecule has 0 radical (unpaired) electrons. The molecule has 6 nitrogen and oxygen atoms in total. The molecule has 6 heteroatoms. The summed E-state index contributed by atoms with van der Waals surface area (Å²) in [5, 5.41) is 9.67. The quantitative estimate of drug-likeness (QED) is 0.597. The van der Waals surface area contributed by atoms with E-state index in [1.54, 1.807) is 0 Å². The van der Waals surface area contributed by atoms with Gasteiger partial charge in [0, 0.05) is 44.8 Å². The van der Waals surface area contributed by atoms with E-state index in [1.807, 2.05) is 0 Å². The lowest BCUT2D eigenvalue weighted by atomic mass is 10.1. The first-order valence-electron chi connectivity index (χ1n) is 7.22. The van der Waals surface area contributed by atoms with Crippen LogP contribution in [-0.2, 0) is 9.53 Å². The van der Waals surface area contributed by atoms with Crippen molar-refractivity contribution >= 4 is 5.91 Å². The van der Waals surface area contributed by atoms with Crippen LogP contribution in [0.5, 0.6) is 0 Å². The van der Waals surface area contributed by atoms with Crippen molar-refractivity contribution in [3.63, 3.8) is 0 Å². The first-order valence-corrected chi connectivity index (χ1v) is 7.22. The fraction of sp³-hybridized carbons (Fsp3) is 0.923. The Labute approximate surface area is 115 Å². The third-order valence-electron chi connectivity index (χ3n) is 3.68. The molecule has 2 fully saturated rings. The molecule has 3 unspecified atom stereocenters. The van der Waals surface area contributed by atoms with Gasteiger partial charge in [0.25, 0.3) is 0 Å². The Kier molecular flexibility index (Phi) is 5.57. The number of hydrogen-bond acceptors (Lipinski definition) is 5. The maximum atomic E-state index is 12.1. The van der Waals surface area contributed by atoms with Gasteiger partial charge in [-0.05, 0) is 13.8 Å². The fourth-order valence-electron chi connectivity index (χ4n) is 2.53. The summed E-state index contributed by atoms with van der Waals surface area (Å²) in [4.78, 5) is 14.4. The number of morpholine rings is 1. The monoisotopic (exact) mass is 270 g/mol. The van der Waals surface area contributed by atoms with Gasteiger partial charge in [0.15, 0.2) is 0 Å². The van der Waals surface area contributed by atoms with Gasteiger partial charge in [-0.1, -0.05) is 0 Å². The van der Waals surface area contributed by atoms with Crippen molar-refractivity contribution in [1.29, 1.82) is 0 Å². The second kappa shape index (κ2) is 7.19. The van der Waals surface area contributed by atoms with E-state index < -0.39 is 0 Å². The first kappa shape index (κ1) is 14.7. The molecule has 0 saturated carbocycles. The van der Waals surface area contributed by atoms with E-state index in [9.17, 15) is 4.79 Å². The van der Waals surface area contributed by atoms with Crippen molar-refractivity contribution < 1.29 is 9.53 Å². The Morgan fingerprint density at radius 3 is 2.74 bits per heavy atom. The molecule has 0 aromatic rings. The number of piperazine rings is 1. The summed E-state index contributed by atoms with van der Waals surface area (Å²) in [6, 6.07) is 0.505. The molecule has 2 aliphatic rings. The number of carbonyl (C=O) groups excluding carboxylic acids is 1. The molecule has 0 aliphatic carbocycles. The van der Waals surface area contributed by atoms with E-state index in [1.165, 1.54) is 0 Å². The molecular formula is C13H26N4O2. The summed E-state index contributed by atoms with van der Waals surface area (Å²) in [5.74, 6) is 0.0974. The maximum Gasteiger partial charge on any atom is 0.238 e. The second-order valence-electron chi connectivity index (χ2n) is 5.59. The lowest BCUT2D eigenvalue weighted by Crippen LogP contribution is -2.60. The average molecular weight is 270 g/mol. The number of nitrogens with zero attached hydrogens (tertiary/aromatic N) is 1. The van der Waals surface area contributed by atoms with Crippen LogP contribution in [0.1, 0.15) is 13.8 Å². The summed E-state index contributed by atoms with van der Waals surface area (Å²) in [6.07, 6.45) is 0. The molecule has 0 bridgehead atoms. The molecule has 110 valence electrons.